The first kappa shape index (κ1) is 13.7. The van der Waals surface area contributed by atoms with E-state index < -0.39 is 17.7 Å². The molecule has 0 radical (unpaired) electrons. The summed E-state index contributed by atoms with van der Waals surface area (Å²) in [4.78, 5) is 0. The van der Waals surface area contributed by atoms with Crippen LogP contribution >= 0.6 is 15.9 Å². The molecule has 0 saturated heterocycles. The van der Waals surface area contributed by atoms with Gasteiger partial charge in [0.1, 0.15) is 0 Å². The maximum absolute atomic E-state index is 13.3. The Bertz CT molecular complexity index is 586. The molecule has 1 heterocycles. The number of benzene rings is 1. The first-order valence-electron chi connectivity index (χ1n) is 4.90. The van der Waals surface area contributed by atoms with E-state index in [2.05, 4.69) is 26.1 Å². The minimum atomic E-state index is -4.58. The number of halogens is 5. The van der Waals surface area contributed by atoms with E-state index in [0.29, 0.717) is 10.5 Å². The van der Waals surface area contributed by atoms with Gasteiger partial charge in [-0.05, 0) is 24.3 Å². The van der Waals surface area contributed by atoms with Crippen molar-refractivity contribution in [3.05, 3.63) is 46.3 Å². The first-order chi connectivity index (χ1) is 8.86. The molecule has 0 amide bonds. The SMILES string of the molecule is Fc1ccc(Br)cc1Oc1ccc(C(F)(F)F)nn1. The van der Waals surface area contributed by atoms with Gasteiger partial charge in [-0.15, -0.1) is 10.2 Å². The van der Waals surface area contributed by atoms with Crippen LogP contribution in [0.4, 0.5) is 17.6 Å². The average Bonchev–Trinajstić information content (AvgIpc) is 2.33. The Morgan fingerprint density at radius 3 is 2.37 bits per heavy atom. The van der Waals surface area contributed by atoms with Crippen molar-refractivity contribution in [1.82, 2.24) is 10.2 Å². The molecule has 1 aromatic heterocycles. The zero-order chi connectivity index (χ0) is 14.0. The molecule has 0 aliphatic rings. The van der Waals surface area contributed by atoms with Crippen LogP contribution in [0.1, 0.15) is 5.69 Å². The number of alkyl halides is 3. The third kappa shape index (κ3) is 3.40. The molecule has 0 spiro atoms. The minimum absolute atomic E-state index is 0.163. The molecule has 2 rings (SSSR count). The minimum Gasteiger partial charge on any atom is -0.434 e. The zero-order valence-electron chi connectivity index (χ0n) is 9.08. The van der Waals surface area contributed by atoms with Crippen molar-refractivity contribution in [2.45, 2.75) is 6.18 Å². The molecule has 1 aromatic carbocycles. The molecule has 8 heteroatoms. The third-order valence-corrected chi connectivity index (χ3v) is 2.53. The van der Waals surface area contributed by atoms with Crippen LogP contribution in [-0.2, 0) is 6.18 Å². The van der Waals surface area contributed by atoms with Gasteiger partial charge in [0.05, 0.1) is 0 Å². The smallest absolute Gasteiger partial charge is 0.434 e. The van der Waals surface area contributed by atoms with Gasteiger partial charge in [-0.25, -0.2) is 4.39 Å². The van der Waals surface area contributed by atoms with Crippen LogP contribution in [0.3, 0.4) is 0 Å². The highest BCUT2D eigenvalue weighted by molar-refractivity contribution is 9.10. The molecule has 3 nitrogen and oxygen atoms in total. The Labute approximate surface area is 113 Å². The van der Waals surface area contributed by atoms with Crippen LogP contribution in [-0.4, -0.2) is 10.2 Å². The van der Waals surface area contributed by atoms with E-state index in [1.54, 1.807) is 0 Å². The Morgan fingerprint density at radius 1 is 1.05 bits per heavy atom. The van der Waals surface area contributed by atoms with E-state index in [9.17, 15) is 17.6 Å². The highest BCUT2D eigenvalue weighted by Gasteiger charge is 2.33. The molecule has 0 unspecified atom stereocenters. The summed E-state index contributed by atoms with van der Waals surface area (Å²) >= 11 is 3.12. The molecule has 0 N–H and O–H groups in total. The molecule has 0 bridgehead atoms. The molecular weight excluding hydrogens is 332 g/mol. The molecule has 0 atom stereocenters. The van der Waals surface area contributed by atoms with Crippen molar-refractivity contribution in [2.24, 2.45) is 0 Å². The second kappa shape index (κ2) is 5.12. The summed E-state index contributed by atoms with van der Waals surface area (Å²) in [6.45, 7) is 0. The number of hydrogen-bond donors (Lipinski definition) is 0. The Balaban J connectivity index is 2.22. The van der Waals surface area contributed by atoms with Crippen molar-refractivity contribution < 1.29 is 22.3 Å². The number of nitrogens with zero attached hydrogens (tertiary/aromatic N) is 2. The highest BCUT2D eigenvalue weighted by Crippen LogP contribution is 2.29. The molecule has 0 aliphatic carbocycles. The Morgan fingerprint density at radius 2 is 1.79 bits per heavy atom. The van der Waals surface area contributed by atoms with E-state index in [1.165, 1.54) is 12.1 Å². The Kier molecular flexibility index (Phi) is 3.70. The van der Waals surface area contributed by atoms with Crippen LogP contribution < -0.4 is 4.74 Å². The monoisotopic (exact) mass is 336 g/mol. The number of ether oxygens (including phenoxy) is 1. The zero-order valence-corrected chi connectivity index (χ0v) is 10.7. The van der Waals surface area contributed by atoms with Crippen LogP contribution in [0.25, 0.3) is 0 Å². The third-order valence-electron chi connectivity index (χ3n) is 2.04. The van der Waals surface area contributed by atoms with E-state index in [0.717, 1.165) is 12.1 Å². The summed E-state index contributed by atoms with van der Waals surface area (Å²) in [6, 6.07) is 5.61. The second-order valence-electron chi connectivity index (χ2n) is 3.43. The van der Waals surface area contributed by atoms with E-state index in [1.807, 2.05) is 0 Å². The quantitative estimate of drug-likeness (QED) is 0.771. The summed E-state index contributed by atoms with van der Waals surface area (Å²) in [6.07, 6.45) is -4.58. The molecule has 19 heavy (non-hydrogen) atoms. The fraction of sp³-hybridized carbons (Fsp3) is 0.0909. The van der Waals surface area contributed by atoms with Gasteiger partial charge in [0, 0.05) is 10.5 Å². The lowest BCUT2D eigenvalue weighted by Crippen LogP contribution is -2.08. The molecule has 0 saturated carbocycles. The maximum Gasteiger partial charge on any atom is 0.435 e. The lowest BCUT2D eigenvalue weighted by molar-refractivity contribution is -0.141. The predicted octanol–water partition coefficient (Wildman–Crippen LogP) is 4.19. The molecule has 0 aliphatic heterocycles. The molecule has 0 fully saturated rings. The second-order valence-corrected chi connectivity index (χ2v) is 4.35. The van der Waals surface area contributed by atoms with Gasteiger partial charge in [-0.1, -0.05) is 15.9 Å². The van der Waals surface area contributed by atoms with E-state index in [4.69, 9.17) is 4.74 Å². The first-order valence-corrected chi connectivity index (χ1v) is 5.69. The predicted molar refractivity (Wildman–Crippen MR) is 61.2 cm³/mol. The average molecular weight is 337 g/mol. The van der Waals surface area contributed by atoms with Crippen molar-refractivity contribution >= 4 is 15.9 Å². The topological polar surface area (TPSA) is 35.0 Å². The Hall–Kier alpha value is -1.70. The molecule has 100 valence electrons. The number of hydrogen-bond acceptors (Lipinski definition) is 3. The lowest BCUT2D eigenvalue weighted by Gasteiger charge is -2.07. The van der Waals surface area contributed by atoms with Gasteiger partial charge in [-0.3, -0.25) is 0 Å². The maximum atomic E-state index is 13.3. The van der Waals surface area contributed by atoms with Gasteiger partial charge >= 0.3 is 6.18 Å². The fourth-order valence-electron chi connectivity index (χ4n) is 1.19. The van der Waals surface area contributed by atoms with Gasteiger partial charge in [0.25, 0.3) is 0 Å². The fourth-order valence-corrected chi connectivity index (χ4v) is 1.53. The molecule has 2 aromatic rings. The number of aromatic nitrogens is 2. The van der Waals surface area contributed by atoms with Gasteiger partial charge < -0.3 is 4.74 Å². The van der Waals surface area contributed by atoms with Crippen molar-refractivity contribution in [3.63, 3.8) is 0 Å². The lowest BCUT2D eigenvalue weighted by atomic mass is 10.3. The van der Waals surface area contributed by atoms with Crippen molar-refractivity contribution in [1.29, 1.82) is 0 Å². The summed E-state index contributed by atoms with van der Waals surface area (Å²) in [5.41, 5.74) is -1.14. The summed E-state index contributed by atoms with van der Waals surface area (Å²) in [5.74, 6) is -1.06. The van der Waals surface area contributed by atoms with Crippen LogP contribution in [0.15, 0.2) is 34.8 Å². The standard InChI is InChI=1S/C11H5BrF4N2O/c12-6-1-2-7(13)8(5-6)19-10-4-3-9(17-18-10)11(14,15)16/h1-5H. The van der Waals surface area contributed by atoms with E-state index in [-0.39, 0.29) is 11.6 Å². The summed E-state index contributed by atoms with van der Waals surface area (Å²) in [5, 5.41) is 6.20. The van der Waals surface area contributed by atoms with Crippen molar-refractivity contribution in [3.8, 4) is 11.6 Å². The van der Waals surface area contributed by atoms with Crippen LogP contribution in [0, 0.1) is 5.82 Å². The normalized spacial score (nSPS) is 11.4. The van der Waals surface area contributed by atoms with Gasteiger partial charge in [-0.2, -0.15) is 13.2 Å². The number of rotatable bonds is 2. The summed E-state index contributed by atoms with van der Waals surface area (Å²) in [7, 11) is 0. The molecular formula is C11H5BrF4N2O. The van der Waals surface area contributed by atoms with Crippen LogP contribution in [0.5, 0.6) is 11.6 Å². The van der Waals surface area contributed by atoms with Gasteiger partial charge in [0.15, 0.2) is 17.3 Å². The van der Waals surface area contributed by atoms with Crippen LogP contribution in [0.2, 0.25) is 0 Å². The van der Waals surface area contributed by atoms with E-state index >= 15 is 0 Å². The van der Waals surface area contributed by atoms with Crippen molar-refractivity contribution in [2.75, 3.05) is 0 Å². The highest BCUT2D eigenvalue weighted by atomic mass is 79.9. The summed E-state index contributed by atoms with van der Waals surface area (Å²) < 4.78 is 55.7. The largest absolute Gasteiger partial charge is 0.435 e. The van der Waals surface area contributed by atoms with Gasteiger partial charge in [0.2, 0.25) is 5.88 Å².